The number of ether oxygens (including phenoxy) is 1. The Kier molecular flexibility index (Phi) is 6.30. The van der Waals surface area contributed by atoms with Gasteiger partial charge >= 0.3 is 0 Å². The van der Waals surface area contributed by atoms with Crippen LogP contribution < -0.4 is 5.32 Å². The van der Waals surface area contributed by atoms with Crippen molar-refractivity contribution >= 4 is 5.91 Å². The maximum atomic E-state index is 11.8. The van der Waals surface area contributed by atoms with Crippen molar-refractivity contribution in [1.29, 1.82) is 0 Å². The van der Waals surface area contributed by atoms with E-state index in [0.717, 1.165) is 6.54 Å². The van der Waals surface area contributed by atoms with E-state index < -0.39 is 0 Å². The number of piperidine rings is 1. The molecule has 1 saturated heterocycles. The number of hydrogen-bond donors (Lipinski definition) is 1. The summed E-state index contributed by atoms with van der Waals surface area (Å²) in [5.41, 5.74) is 0.223. The lowest BCUT2D eigenvalue weighted by Crippen LogP contribution is -2.58. The minimum atomic E-state index is 0.0359. The van der Waals surface area contributed by atoms with Gasteiger partial charge in [-0.05, 0) is 45.7 Å². The lowest BCUT2D eigenvalue weighted by Gasteiger charge is -2.48. The number of nitrogens with one attached hydrogen (secondary N) is 1. The summed E-state index contributed by atoms with van der Waals surface area (Å²) in [6.07, 6.45) is 10.4. The van der Waals surface area contributed by atoms with Crippen LogP contribution in [0.1, 0.15) is 58.3 Å². The molecule has 1 heterocycles. The number of rotatable bonds is 6. The summed E-state index contributed by atoms with van der Waals surface area (Å²) in [6, 6.07) is 0. The first-order valence-electron chi connectivity index (χ1n) is 8.36. The number of carbonyl (C=O) groups excluding carboxylic acids is 1. The second-order valence-electron chi connectivity index (χ2n) is 6.25. The topological polar surface area (TPSA) is 41.6 Å². The van der Waals surface area contributed by atoms with Crippen molar-refractivity contribution in [1.82, 2.24) is 10.2 Å². The third kappa shape index (κ3) is 4.19. The van der Waals surface area contributed by atoms with E-state index in [-0.39, 0.29) is 18.1 Å². The Balaban J connectivity index is 1.90. The summed E-state index contributed by atoms with van der Waals surface area (Å²) in [5.74, 6) is 0.0359. The number of nitrogens with zero attached hydrogens (tertiary/aromatic N) is 1. The van der Waals surface area contributed by atoms with Crippen molar-refractivity contribution in [2.45, 2.75) is 63.8 Å². The molecule has 4 heteroatoms. The molecule has 0 aromatic rings. The predicted molar refractivity (Wildman–Crippen MR) is 80.7 cm³/mol. The van der Waals surface area contributed by atoms with Crippen LogP contribution in [0.3, 0.4) is 0 Å². The van der Waals surface area contributed by atoms with Crippen LogP contribution in [0.5, 0.6) is 0 Å². The molecule has 0 spiro atoms. The van der Waals surface area contributed by atoms with E-state index in [1.165, 1.54) is 64.5 Å². The number of hydrogen-bond acceptors (Lipinski definition) is 3. The van der Waals surface area contributed by atoms with Crippen LogP contribution in [0.15, 0.2) is 0 Å². The molecule has 2 aliphatic rings. The zero-order valence-corrected chi connectivity index (χ0v) is 13.0. The van der Waals surface area contributed by atoms with Crippen LogP contribution >= 0.6 is 0 Å². The minimum absolute atomic E-state index is 0.0359. The van der Waals surface area contributed by atoms with Crippen LogP contribution in [-0.4, -0.2) is 49.2 Å². The van der Waals surface area contributed by atoms with E-state index in [0.29, 0.717) is 6.61 Å². The maximum absolute atomic E-state index is 11.8. The highest BCUT2D eigenvalue weighted by molar-refractivity contribution is 5.77. The van der Waals surface area contributed by atoms with Gasteiger partial charge in [-0.3, -0.25) is 9.69 Å². The summed E-state index contributed by atoms with van der Waals surface area (Å²) in [4.78, 5) is 14.5. The minimum Gasteiger partial charge on any atom is -0.372 e. The van der Waals surface area contributed by atoms with Gasteiger partial charge in [-0.25, -0.2) is 0 Å². The molecular formula is C16H30N2O2. The molecule has 0 unspecified atom stereocenters. The van der Waals surface area contributed by atoms with Gasteiger partial charge < -0.3 is 10.1 Å². The van der Waals surface area contributed by atoms with Gasteiger partial charge in [-0.2, -0.15) is 0 Å². The number of amides is 1. The highest BCUT2D eigenvalue weighted by atomic mass is 16.5. The van der Waals surface area contributed by atoms with E-state index in [9.17, 15) is 4.79 Å². The Morgan fingerprint density at radius 3 is 2.40 bits per heavy atom. The molecule has 1 amide bonds. The van der Waals surface area contributed by atoms with Crippen LogP contribution in [0.25, 0.3) is 0 Å². The lowest BCUT2D eigenvalue weighted by atomic mass is 9.79. The zero-order valence-electron chi connectivity index (χ0n) is 13.0. The molecule has 1 saturated carbocycles. The third-order valence-electron chi connectivity index (χ3n) is 4.86. The SMILES string of the molecule is CCOCC(=O)NCC1(N2CCCCC2)CCCCC1. The van der Waals surface area contributed by atoms with Crippen molar-refractivity contribution in [2.75, 3.05) is 32.8 Å². The van der Waals surface area contributed by atoms with Gasteiger partial charge in [0.05, 0.1) is 0 Å². The highest BCUT2D eigenvalue weighted by Gasteiger charge is 2.38. The normalized spacial score (nSPS) is 23.4. The Morgan fingerprint density at radius 1 is 1.10 bits per heavy atom. The van der Waals surface area contributed by atoms with Crippen LogP contribution in [-0.2, 0) is 9.53 Å². The molecule has 2 fully saturated rings. The molecule has 116 valence electrons. The van der Waals surface area contributed by atoms with Gasteiger partial charge in [0.2, 0.25) is 5.91 Å². The Labute approximate surface area is 123 Å². The zero-order chi connectivity index (χ0) is 14.3. The average molecular weight is 282 g/mol. The Morgan fingerprint density at radius 2 is 1.75 bits per heavy atom. The van der Waals surface area contributed by atoms with Gasteiger partial charge in [0.1, 0.15) is 6.61 Å². The van der Waals surface area contributed by atoms with Gasteiger partial charge in [0, 0.05) is 18.7 Å². The molecule has 0 bridgehead atoms. The summed E-state index contributed by atoms with van der Waals surface area (Å²) >= 11 is 0. The predicted octanol–water partition coefficient (Wildman–Crippen LogP) is 2.33. The fourth-order valence-corrected chi connectivity index (χ4v) is 3.69. The van der Waals surface area contributed by atoms with Crippen molar-refractivity contribution in [3.8, 4) is 0 Å². The number of likely N-dealkylation sites (tertiary alicyclic amines) is 1. The van der Waals surface area contributed by atoms with E-state index in [4.69, 9.17) is 4.74 Å². The molecule has 0 aromatic carbocycles. The summed E-state index contributed by atoms with van der Waals surface area (Å²) in [5, 5.41) is 3.12. The molecule has 0 radical (unpaired) electrons. The Bertz CT molecular complexity index is 295. The summed E-state index contributed by atoms with van der Waals surface area (Å²) in [6.45, 7) is 5.95. The summed E-state index contributed by atoms with van der Waals surface area (Å²) < 4.78 is 5.19. The van der Waals surface area contributed by atoms with Gasteiger partial charge in [-0.15, -0.1) is 0 Å². The standard InChI is InChI=1S/C16H30N2O2/c1-2-20-13-15(19)17-14-16(9-5-3-6-10-16)18-11-7-4-8-12-18/h2-14H2,1H3,(H,17,19). The van der Waals surface area contributed by atoms with Gasteiger partial charge in [0.15, 0.2) is 0 Å². The molecular weight excluding hydrogens is 252 g/mol. The molecule has 20 heavy (non-hydrogen) atoms. The first-order chi connectivity index (χ1) is 9.77. The van der Waals surface area contributed by atoms with Crippen molar-refractivity contribution in [3.05, 3.63) is 0 Å². The molecule has 4 nitrogen and oxygen atoms in total. The molecule has 1 aliphatic carbocycles. The van der Waals surface area contributed by atoms with Crippen LogP contribution in [0.2, 0.25) is 0 Å². The number of carbonyl (C=O) groups is 1. The first kappa shape index (κ1) is 15.8. The monoisotopic (exact) mass is 282 g/mol. The van der Waals surface area contributed by atoms with Gasteiger partial charge in [-0.1, -0.05) is 25.7 Å². The van der Waals surface area contributed by atoms with E-state index in [1.54, 1.807) is 0 Å². The molecule has 2 rings (SSSR count). The van der Waals surface area contributed by atoms with E-state index in [1.807, 2.05) is 6.92 Å². The first-order valence-corrected chi connectivity index (χ1v) is 8.36. The van der Waals surface area contributed by atoms with Gasteiger partial charge in [0.25, 0.3) is 0 Å². The molecule has 1 aliphatic heterocycles. The quantitative estimate of drug-likeness (QED) is 0.813. The van der Waals surface area contributed by atoms with Crippen LogP contribution in [0, 0.1) is 0 Å². The molecule has 1 N–H and O–H groups in total. The largest absolute Gasteiger partial charge is 0.372 e. The Hall–Kier alpha value is -0.610. The molecule has 0 aromatic heterocycles. The van der Waals surface area contributed by atoms with Crippen molar-refractivity contribution in [3.63, 3.8) is 0 Å². The molecule has 0 atom stereocenters. The van der Waals surface area contributed by atoms with Crippen LogP contribution in [0.4, 0.5) is 0 Å². The fraction of sp³-hybridized carbons (Fsp3) is 0.938. The van der Waals surface area contributed by atoms with Crippen molar-refractivity contribution < 1.29 is 9.53 Å². The smallest absolute Gasteiger partial charge is 0.246 e. The van der Waals surface area contributed by atoms with E-state index >= 15 is 0 Å². The fourth-order valence-electron chi connectivity index (χ4n) is 3.69. The average Bonchev–Trinajstić information content (AvgIpc) is 2.52. The lowest BCUT2D eigenvalue weighted by molar-refractivity contribution is -0.126. The maximum Gasteiger partial charge on any atom is 0.246 e. The second-order valence-corrected chi connectivity index (χ2v) is 6.25. The van der Waals surface area contributed by atoms with E-state index in [2.05, 4.69) is 10.2 Å². The van der Waals surface area contributed by atoms with Crippen molar-refractivity contribution in [2.24, 2.45) is 0 Å². The third-order valence-corrected chi connectivity index (χ3v) is 4.86. The highest BCUT2D eigenvalue weighted by Crippen LogP contribution is 2.35. The second kappa shape index (κ2) is 7.99. The summed E-state index contributed by atoms with van der Waals surface area (Å²) in [7, 11) is 0.